The number of ether oxygens (including phenoxy) is 1. The number of halogens is 1. The van der Waals surface area contributed by atoms with Crippen LogP contribution in [0.3, 0.4) is 0 Å². The minimum atomic E-state index is -0.314. The number of hydrogen-bond acceptors (Lipinski definition) is 3. The van der Waals surface area contributed by atoms with Gasteiger partial charge in [0.05, 0.1) is 7.11 Å². The van der Waals surface area contributed by atoms with Crippen molar-refractivity contribution >= 4 is 0 Å². The van der Waals surface area contributed by atoms with Crippen molar-refractivity contribution in [2.45, 2.75) is 32.2 Å². The first-order valence-corrected chi connectivity index (χ1v) is 7.47. The molecule has 1 aromatic rings. The molecule has 0 aliphatic heterocycles. The average molecular weight is 280 g/mol. The van der Waals surface area contributed by atoms with E-state index in [9.17, 15) is 4.39 Å². The van der Waals surface area contributed by atoms with Gasteiger partial charge in [-0.3, -0.25) is 4.90 Å². The van der Waals surface area contributed by atoms with E-state index in [1.165, 1.54) is 20.0 Å². The van der Waals surface area contributed by atoms with E-state index >= 15 is 0 Å². The van der Waals surface area contributed by atoms with Crippen molar-refractivity contribution in [3.63, 3.8) is 0 Å². The second kappa shape index (κ2) is 7.04. The largest absolute Gasteiger partial charge is 0.494 e. The molecular formula is C16H25FN2O. The highest BCUT2D eigenvalue weighted by Gasteiger charge is 2.28. The van der Waals surface area contributed by atoms with Gasteiger partial charge in [-0.05, 0) is 49.4 Å². The molecule has 1 aliphatic carbocycles. The number of rotatable bonds is 8. The highest BCUT2D eigenvalue weighted by molar-refractivity contribution is 5.31. The first-order valence-electron chi connectivity index (χ1n) is 7.47. The predicted octanol–water partition coefficient (Wildman–Crippen LogP) is 2.96. The van der Waals surface area contributed by atoms with E-state index in [-0.39, 0.29) is 17.6 Å². The van der Waals surface area contributed by atoms with Crippen molar-refractivity contribution in [3.05, 3.63) is 29.6 Å². The Morgan fingerprint density at radius 2 is 2.20 bits per heavy atom. The number of methoxy groups -OCH3 is 1. The molecule has 20 heavy (non-hydrogen) atoms. The van der Waals surface area contributed by atoms with Crippen molar-refractivity contribution in [2.24, 2.45) is 11.7 Å². The molecule has 0 heterocycles. The molecule has 1 aliphatic rings. The van der Waals surface area contributed by atoms with Crippen molar-refractivity contribution < 1.29 is 9.13 Å². The highest BCUT2D eigenvalue weighted by atomic mass is 19.1. The zero-order valence-electron chi connectivity index (χ0n) is 12.4. The Kier molecular flexibility index (Phi) is 5.38. The quantitative estimate of drug-likeness (QED) is 0.795. The molecule has 112 valence electrons. The van der Waals surface area contributed by atoms with E-state index in [1.807, 2.05) is 6.07 Å². The summed E-state index contributed by atoms with van der Waals surface area (Å²) in [4.78, 5) is 2.40. The molecule has 3 nitrogen and oxygen atoms in total. The molecule has 1 atom stereocenters. The maximum absolute atomic E-state index is 13.9. The van der Waals surface area contributed by atoms with Crippen molar-refractivity contribution in [1.82, 2.24) is 4.90 Å². The standard InChI is InChI=1S/C16H25FN2O/c1-3-8-19(11-12-4-5-12)15(10-18)13-6-7-16(20-2)14(17)9-13/h6-7,9,12,15H,3-5,8,10-11,18H2,1-2H3. The van der Waals surface area contributed by atoms with Crippen LogP contribution in [0.2, 0.25) is 0 Å². The third-order valence-electron chi connectivity index (χ3n) is 3.93. The fraction of sp³-hybridized carbons (Fsp3) is 0.625. The maximum atomic E-state index is 13.9. The van der Waals surface area contributed by atoms with E-state index in [1.54, 1.807) is 12.1 Å². The molecule has 0 radical (unpaired) electrons. The summed E-state index contributed by atoms with van der Waals surface area (Å²) < 4.78 is 18.9. The maximum Gasteiger partial charge on any atom is 0.165 e. The lowest BCUT2D eigenvalue weighted by Crippen LogP contribution is -2.36. The Labute approximate surface area is 120 Å². The van der Waals surface area contributed by atoms with Gasteiger partial charge in [-0.2, -0.15) is 0 Å². The monoisotopic (exact) mass is 280 g/mol. The summed E-state index contributed by atoms with van der Waals surface area (Å²) in [7, 11) is 1.48. The summed E-state index contributed by atoms with van der Waals surface area (Å²) in [5, 5.41) is 0. The molecule has 4 heteroatoms. The molecule has 0 aromatic heterocycles. The van der Waals surface area contributed by atoms with Gasteiger partial charge in [-0.15, -0.1) is 0 Å². The number of benzene rings is 1. The predicted molar refractivity (Wildman–Crippen MR) is 79.3 cm³/mol. The number of hydrogen-bond donors (Lipinski definition) is 1. The molecule has 1 unspecified atom stereocenters. The lowest BCUT2D eigenvalue weighted by molar-refractivity contribution is 0.193. The Morgan fingerprint density at radius 1 is 1.45 bits per heavy atom. The van der Waals surface area contributed by atoms with Crippen LogP contribution in [0.15, 0.2) is 18.2 Å². The summed E-state index contributed by atoms with van der Waals surface area (Å²) >= 11 is 0. The van der Waals surface area contributed by atoms with Gasteiger partial charge in [0.25, 0.3) is 0 Å². The van der Waals surface area contributed by atoms with Crippen LogP contribution < -0.4 is 10.5 Å². The van der Waals surface area contributed by atoms with Crippen molar-refractivity contribution in [2.75, 3.05) is 26.7 Å². The Bertz CT molecular complexity index is 434. The number of nitrogens with two attached hydrogens (primary N) is 1. The summed E-state index contributed by atoms with van der Waals surface area (Å²) in [6.07, 6.45) is 3.71. The molecule has 0 saturated heterocycles. The van der Waals surface area contributed by atoms with Gasteiger partial charge >= 0.3 is 0 Å². The minimum Gasteiger partial charge on any atom is -0.494 e. The van der Waals surface area contributed by atoms with Gasteiger partial charge in [0.1, 0.15) is 0 Å². The van der Waals surface area contributed by atoms with Crippen LogP contribution >= 0.6 is 0 Å². The van der Waals surface area contributed by atoms with Crippen LogP contribution in [0.25, 0.3) is 0 Å². The Morgan fingerprint density at radius 3 is 2.70 bits per heavy atom. The lowest BCUT2D eigenvalue weighted by atomic mass is 10.0. The zero-order valence-corrected chi connectivity index (χ0v) is 12.4. The molecule has 0 spiro atoms. The van der Waals surface area contributed by atoms with Gasteiger partial charge in [0.2, 0.25) is 0 Å². The third kappa shape index (κ3) is 3.70. The fourth-order valence-corrected chi connectivity index (χ4v) is 2.68. The molecule has 1 aromatic carbocycles. The van der Waals surface area contributed by atoms with Crippen LogP contribution in [0, 0.1) is 11.7 Å². The van der Waals surface area contributed by atoms with Gasteiger partial charge < -0.3 is 10.5 Å². The van der Waals surface area contributed by atoms with Gasteiger partial charge in [0, 0.05) is 19.1 Å². The first kappa shape index (κ1) is 15.3. The van der Waals surface area contributed by atoms with Gasteiger partial charge in [-0.25, -0.2) is 4.39 Å². The van der Waals surface area contributed by atoms with Crippen molar-refractivity contribution in [3.8, 4) is 5.75 Å². The SMILES string of the molecule is CCCN(CC1CC1)C(CN)c1ccc(OC)c(F)c1. The second-order valence-electron chi connectivity index (χ2n) is 5.58. The summed E-state index contributed by atoms with van der Waals surface area (Å²) in [5.74, 6) is 0.777. The highest BCUT2D eigenvalue weighted by Crippen LogP contribution is 2.33. The smallest absolute Gasteiger partial charge is 0.165 e. The van der Waals surface area contributed by atoms with Crippen LogP contribution in [-0.4, -0.2) is 31.6 Å². The van der Waals surface area contributed by atoms with E-state index in [4.69, 9.17) is 10.5 Å². The molecule has 1 fully saturated rings. The normalized spacial score (nSPS) is 16.4. The summed E-state index contributed by atoms with van der Waals surface area (Å²) in [6.45, 7) is 4.76. The molecule has 1 saturated carbocycles. The third-order valence-corrected chi connectivity index (χ3v) is 3.93. The average Bonchev–Trinajstić information content (AvgIpc) is 3.24. The van der Waals surface area contributed by atoms with Crippen LogP contribution in [0.5, 0.6) is 5.75 Å². The zero-order chi connectivity index (χ0) is 14.5. The van der Waals surface area contributed by atoms with Gasteiger partial charge in [0.15, 0.2) is 11.6 Å². The first-order chi connectivity index (χ1) is 9.69. The number of nitrogens with zero attached hydrogens (tertiary/aromatic N) is 1. The lowest BCUT2D eigenvalue weighted by Gasteiger charge is -2.31. The van der Waals surface area contributed by atoms with Crippen molar-refractivity contribution in [1.29, 1.82) is 0 Å². The molecule has 2 N–H and O–H groups in total. The fourth-order valence-electron chi connectivity index (χ4n) is 2.68. The molecule has 0 bridgehead atoms. The summed E-state index contributed by atoms with van der Waals surface area (Å²) in [5.41, 5.74) is 6.90. The van der Waals surface area contributed by atoms with E-state index < -0.39 is 0 Å². The topological polar surface area (TPSA) is 38.5 Å². The van der Waals surface area contributed by atoms with E-state index in [0.29, 0.717) is 6.54 Å². The summed E-state index contributed by atoms with van der Waals surface area (Å²) in [6, 6.07) is 5.27. The van der Waals surface area contributed by atoms with Crippen LogP contribution in [0.1, 0.15) is 37.8 Å². The minimum absolute atomic E-state index is 0.0935. The molecule has 0 amide bonds. The Hall–Kier alpha value is -1.13. The molecular weight excluding hydrogens is 255 g/mol. The van der Waals surface area contributed by atoms with Crippen LogP contribution in [-0.2, 0) is 0 Å². The van der Waals surface area contributed by atoms with Gasteiger partial charge in [-0.1, -0.05) is 13.0 Å². The van der Waals surface area contributed by atoms with E-state index in [0.717, 1.165) is 31.0 Å². The second-order valence-corrected chi connectivity index (χ2v) is 5.58. The van der Waals surface area contributed by atoms with E-state index in [2.05, 4.69) is 11.8 Å². The molecule has 2 rings (SSSR count). The Balaban J connectivity index is 2.17. The van der Waals surface area contributed by atoms with Crippen LogP contribution in [0.4, 0.5) is 4.39 Å².